The zero-order valence-electron chi connectivity index (χ0n) is 11.0. The Hall–Kier alpha value is -0.620. The molecule has 0 aliphatic carbocycles. The van der Waals surface area contributed by atoms with Gasteiger partial charge in [-0.3, -0.25) is 4.79 Å². The summed E-state index contributed by atoms with van der Waals surface area (Å²) < 4.78 is 28.1. The highest BCUT2D eigenvalue weighted by Gasteiger charge is 2.36. The molecule has 6 heteroatoms. The second-order valence-corrected chi connectivity index (χ2v) is 7.59. The Bertz CT molecular complexity index is 374. The number of carboxylic acid groups (broad SMARTS) is 1. The molecule has 2 atom stereocenters. The third-order valence-electron chi connectivity index (χ3n) is 3.18. The molecule has 0 aromatic heterocycles. The Kier molecular flexibility index (Phi) is 5.59. The van der Waals surface area contributed by atoms with Crippen LogP contribution in [0.3, 0.4) is 0 Å². The smallest absolute Gasteiger partial charge is 0.306 e. The Labute approximate surface area is 108 Å². The Morgan fingerprint density at radius 3 is 2.56 bits per heavy atom. The van der Waals surface area contributed by atoms with Crippen molar-refractivity contribution in [2.45, 2.75) is 26.7 Å². The highest BCUT2D eigenvalue weighted by atomic mass is 32.2. The lowest BCUT2D eigenvalue weighted by Crippen LogP contribution is -2.26. The maximum Gasteiger partial charge on any atom is 0.306 e. The van der Waals surface area contributed by atoms with Crippen LogP contribution in [0.1, 0.15) is 26.7 Å². The first kappa shape index (κ1) is 15.4. The molecule has 0 bridgehead atoms. The first-order chi connectivity index (χ1) is 8.32. The highest BCUT2D eigenvalue weighted by molar-refractivity contribution is 7.91. The number of sulfone groups is 1. The van der Waals surface area contributed by atoms with Gasteiger partial charge in [-0.25, -0.2) is 8.42 Å². The first-order valence-electron chi connectivity index (χ1n) is 6.33. The zero-order chi connectivity index (χ0) is 13.8. The molecule has 1 fully saturated rings. The lowest BCUT2D eigenvalue weighted by Gasteiger charge is -2.18. The van der Waals surface area contributed by atoms with E-state index in [1.807, 2.05) is 13.8 Å². The molecule has 1 rings (SSSR count). The van der Waals surface area contributed by atoms with Gasteiger partial charge in [0.25, 0.3) is 0 Å². The molecule has 1 saturated heterocycles. The van der Waals surface area contributed by atoms with Crippen LogP contribution in [0.2, 0.25) is 0 Å². The minimum absolute atomic E-state index is 0.00808. The van der Waals surface area contributed by atoms with Gasteiger partial charge in [-0.1, -0.05) is 13.8 Å². The molecule has 106 valence electrons. The first-order valence-corrected chi connectivity index (χ1v) is 8.15. The molecule has 0 aromatic carbocycles. The third-order valence-corrected chi connectivity index (χ3v) is 4.97. The van der Waals surface area contributed by atoms with Crippen LogP contribution in [0.5, 0.6) is 0 Å². The predicted molar refractivity (Wildman–Crippen MR) is 68.2 cm³/mol. The number of hydrogen-bond donors (Lipinski definition) is 1. The Balaban J connectivity index is 2.44. The van der Waals surface area contributed by atoms with Gasteiger partial charge < -0.3 is 9.84 Å². The van der Waals surface area contributed by atoms with Gasteiger partial charge in [-0.2, -0.15) is 0 Å². The van der Waals surface area contributed by atoms with Crippen LogP contribution in [0.4, 0.5) is 0 Å². The van der Waals surface area contributed by atoms with E-state index in [4.69, 9.17) is 9.84 Å². The minimum Gasteiger partial charge on any atom is -0.481 e. The van der Waals surface area contributed by atoms with Crippen molar-refractivity contribution in [1.82, 2.24) is 0 Å². The topological polar surface area (TPSA) is 80.7 Å². The van der Waals surface area contributed by atoms with Gasteiger partial charge in [-0.15, -0.1) is 0 Å². The second kappa shape index (κ2) is 6.52. The number of aliphatic carboxylic acids is 1. The molecular formula is C12H22O5S. The van der Waals surface area contributed by atoms with Gasteiger partial charge in [-0.05, 0) is 24.7 Å². The monoisotopic (exact) mass is 278 g/mol. The SMILES string of the molecule is CC(C)COCCC(C(=O)O)C1CCS(=O)(=O)C1. The van der Waals surface area contributed by atoms with E-state index in [1.54, 1.807) is 0 Å². The number of rotatable bonds is 7. The highest BCUT2D eigenvalue weighted by Crippen LogP contribution is 2.28. The van der Waals surface area contributed by atoms with Gasteiger partial charge in [0, 0.05) is 13.2 Å². The van der Waals surface area contributed by atoms with Crippen LogP contribution >= 0.6 is 0 Å². The average Bonchev–Trinajstić information content (AvgIpc) is 2.57. The average molecular weight is 278 g/mol. The summed E-state index contributed by atoms with van der Waals surface area (Å²) in [6.07, 6.45) is 0.853. The number of carbonyl (C=O) groups is 1. The number of ether oxygens (including phenoxy) is 1. The van der Waals surface area contributed by atoms with Crippen molar-refractivity contribution in [2.24, 2.45) is 17.8 Å². The van der Waals surface area contributed by atoms with Crippen molar-refractivity contribution in [3.63, 3.8) is 0 Å². The molecule has 0 spiro atoms. The normalized spacial score (nSPS) is 24.3. The number of carboxylic acids is 1. The molecule has 1 aliphatic rings. The quantitative estimate of drug-likeness (QED) is 0.707. The summed E-state index contributed by atoms with van der Waals surface area (Å²) in [5.74, 6) is -1.22. The molecule has 0 aromatic rings. The zero-order valence-corrected chi connectivity index (χ0v) is 11.8. The molecular weight excluding hydrogens is 256 g/mol. The summed E-state index contributed by atoms with van der Waals surface area (Å²) in [6, 6.07) is 0. The van der Waals surface area contributed by atoms with E-state index in [9.17, 15) is 13.2 Å². The van der Waals surface area contributed by atoms with Crippen LogP contribution in [0.25, 0.3) is 0 Å². The van der Waals surface area contributed by atoms with E-state index >= 15 is 0 Å². The summed E-state index contributed by atoms with van der Waals surface area (Å²) in [4.78, 5) is 11.2. The maximum atomic E-state index is 11.4. The van der Waals surface area contributed by atoms with E-state index in [1.165, 1.54) is 0 Å². The summed E-state index contributed by atoms with van der Waals surface area (Å²) in [5, 5.41) is 9.16. The van der Waals surface area contributed by atoms with Gasteiger partial charge in [0.05, 0.1) is 17.4 Å². The maximum absolute atomic E-state index is 11.4. The minimum atomic E-state index is -3.02. The third kappa shape index (κ3) is 4.94. The van der Waals surface area contributed by atoms with Crippen molar-refractivity contribution in [3.05, 3.63) is 0 Å². The van der Waals surface area contributed by atoms with Crippen molar-refractivity contribution in [2.75, 3.05) is 24.7 Å². The molecule has 1 aliphatic heterocycles. The molecule has 0 amide bonds. The van der Waals surface area contributed by atoms with Gasteiger partial charge >= 0.3 is 5.97 Å². The van der Waals surface area contributed by atoms with Gasteiger partial charge in [0.1, 0.15) is 0 Å². The van der Waals surface area contributed by atoms with E-state index < -0.39 is 21.7 Å². The van der Waals surface area contributed by atoms with E-state index in [0.29, 0.717) is 32.0 Å². The lowest BCUT2D eigenvalue weighted by molar-refractivity contribution is -0.144. The fraction of sp³-hybridized carbons (Fsp3) is 0.917. The van der Waals surface area contributed by atoms with Crippen LogP contribution in [0.15, 0.2) is 0 Å². The predicted octanol–water partition coefficient (Wildman–Crippen LogP) is 1.18. The molecule has 0 saturated carbocycles. The summed E-state index contributed by atoms with van der Waals surface area (Å²) in [5.41, 5.74) is 0. The molecule has 1 N–H and O–H groups in total. The van der Waals surface area contributed by atoms with E-state index in [2.05, 4.69) is 0 Å². The van der Waals surface area contributed by atoms with Crippen molar-refractivity contribution in [1.29, 1.82) is 0 Å². The molecule has 1 heterocycles. The molecule has 0 radical (unpaired) electrons. The van der Waals surface area contributed by atoms with Crippen LogP contribution in [0, 0.1) is 17.8 Å². The standard InChI is InChI=1S/C12H22O5S/c1-9(2)7-17-5-3-11(12(13)14)10-4-6-18(15,16)8-10/h9-11H,3-8H2,1-2H3,(H,13,14). The largest absolute Gasteiger partial charge is 0.481 e. The fourth-order valence-electron chi connectivity index (χ4n) is 2.23. The summed E-state index contributed by atoms with van der Waals surface area (Å²) in [7, 11) is -3.02. The second-order valence-electron chi connectivity index (χ2n) is 5.37. The number of hydrogen-bond acceptors (Lipinski definition) is 4. The Morgan fingerprint density at radius 1 is 1.44 bits per heavy atom. The molecule has 18 heavy (non-hydrogen) atoms. The lowest BCUT2D eigenvalue weighted by atomic mass is 9.89. The summed E-state index contributed by atoms with van der Waals surface area (Å²) in [6.45, 7) is 5.04. The van der Waals surface area contributed by atoms with Crippen LogP contribution in [-0.4, -0.2) is 44.2 Å². The Morgan fingerprint density at radius 2 is 2.11 bits per heavy atom. The van der Waals surface area contributed by atoms with Crippen molar-refractivity contribution in [3.8, 4) is 0 Å². The van der Waals surface area contributed by atoms with Crippen molar-refractivity contribution >= 4 is 15.8 Å². The van der Waals surface area contributed by atoms with Gasteiger partial charge in [0.2, 0.25) is 0 Å². The molecule has 5 nitrogen and oxygen atoms in total. The fourth-order valence-corrected chi connectivity index (χ4v) is 4.11. The van der Waals surface area contributed by atoms with Gasteiger partial charge in [0.15, 0.2) is 9.84 Å². The van der Waals surface area contributed by atoms with Crippen LogP contribution in [-0.2, 0) is 19.4 Å². The van der Waals surface area contributed by atoms with Crippen molar-refractivity contribution < 1.29 is 23.1 Å². The van der Waals surface area contributed by atoms with Crippen LogP contribution < -0.4 is 0 Å². The summed E-state index contributed by atoms with van der Waals surface area (Å²) >= 11 is 0. The molecule has 2 unspecified atom stereocenters. The van der Waals surface area contributed by atoms with E-state index in [0.717, 1.165) is 0 Å². The van der Waals surface area contributed by atoms with E-state index in [-0.39, 0.29) is 17.4 Å².